The van der Waals surface area contributed by atoms with E-state index in [4.69, 9.17) is 10.8 Å². The Kier molecular flexibility index (Phi) is 4.85. The maximum Gasteiger partial charge on any atom is 0.238 e. The van der Waals surface area contributed by atoms with E-state index in [0.29, 0.717) is 13.0 Å². The fourth-order valence-electron chi connectivity index (χ4n) is 0.838. The molecule has 0 heterocycles. The van der Waals surface area contributed by atoms with Gasteiger partial charge in [-0.05, 0) is 20.3 Å². The Balaban J connectivity index is 3.72. The van der Waals surface area contributed by atoms with Gasteiger partial charge in [-0.3, -0.25) is 4.79 Å². The summed E-state index contributed by atoms with van der Waals surface area (Å²) in [6.45, 7) is 3.91. The van der Waals surface area contributed by atoms with Crippen molar-refractivity contribution in [2.24, 2.45) is 5.73 Å². The third-order valence-corrected chi connectivity index (χ3v) is 1.65. The number of carbonyl (C=O) groups excluding carboxylic acids is 1. The molecular weight excluding hydrogens is 156 g/mol. The molecule has 0 aliphatic carbocycles. The smallest absolute Gasteiger partial charge is 0.238 e. The Morgan fingerprint density at radius 3 is 2.42 bits per heavy atom. The number of aliphatic hydroxyl groups is 1. The van der Waals surface area contributed by atoms with E-state index in [2.05, 4.69) is 0 Å². The van der Waals surface area contributed by atoms with Crippen LogP contribution < -0.4 is 5.73 Å². The van der Waals surface area contributed by atoms with Crippen LogP contribution in [0.25, 0.3) is 0 Å². The number of nitrogens with zero attached hydrogens (tertiary/aromatic N) is 1. The molecule has 0 aromatic rings. The average molecular weight is 174 g/mol. The molecular formula is C8H18N2O2. The number of nitrogens with two attached hydrogens (primary N) is 1. The van der Waals surface area contributed by atoms with Crippen molar-refractivity contribution >= 4 is 5.91 Å². The molecule has 72 valence electrons. The molecule has 0 saturated heterocycles. The van der Waals surface area contributed by atoms with Gasteiger partial charge in [-0.15, -0.1) is 0 Å². The lowest BCUT2D eigenvalue weighted by molar-refractivity contribution is -0.131. The first kappa shape index (κ1) is 11.4. The van der Waals surface area contributed by atoms with Crippen LogP contribution in [0.2, 0.25) is 0 Å². The minimum Gasteiger partial charge on any atom is -0.393 e. The molecule has 3 N–H and O–H groups in total. The number of carbonyl (C=O) groups is 1. The molecule has 0 aliphatic rings. The van der Waals surface area contributed by atoms with Crippen LogP contribution in [0, 0.1) is 0 Å². The third-order valence-electron chi connectivity index (χ3n) is 1.65. The first-order valence-corrected chi connectivity index (χ1v) is 4.13. The van der Waals surface area contributed by atoms with Crippen molar-refractivity contribution in [1.82, 2.24) is 4.90 Å². The molecule has 2 atom stereocenters. The normalized spacial score (nSPS) is 15.4. The minimum absolute atomic E-state index is 0.0874. The van der Waals surface area contributed by atoms with E-state index in [0.717, 1.165) is 0 Å². The largest absolute Gasteiger partial charge is 0.393 e. The van der Waals surface area contributed by atoms with Gasteiger partial charge in [0.2, 0.25) is 5.91 Å². The first-order chi connectivity index (χ1) is 5.45. The predicted octanol–water partition coefficient (Wildman–Crippen LogP) is -0.437. The SMILES string of the molecule is CC(O)CCN(C)C(=O)[C@@H](C)N. The minimum atomic E-state index is -0.455. The summed E-state index contributed by atoms with van der Waals surface area (Å²) < 4.78 is 0. The fraction of sp³-hybridized carbons (Fsp3) is 0.875. The molecule has 0 aromatic heterocycles. The van der Waals surface area contributed by atoms with Crippen molar-refractivity contribution in [3.63, 3.8) is 0 Å². The summed E-state index contributed by atoms with van der Waals surface area (Å²) in [5, 5.41) is 8.95. The van der Waals surface area contributed by atoms with E-state index >= 15 is 0 Å². The van der Waals surface area contributed by atoms with E-state index in [9.17, 15) is 4.79 Å². The summed E-state index contributed by atoms with van der Waals surface area (Å²) in [6.07, 6.45) is 0.225. The van der Waals surface area contributed by atoms with Gasteiger partial charge in [0.25, 0.3) is 0 Å². The Morgan fingerprint density at radius 2 is 2.08 bits per heavy atom. The predicted molar refractivity (Wildman–Crippen MR) is 47.6 cm³/mol. The van der Waals surface area contributed by atoms with Crippen LogP contribution in [0.5, 0.6) is 0 Å². The number of hydrogen-bond donors (Lipinski definition) is 2. The monoisotopic (exact) mass is 174 g/mol. The molecule has 4 heteroatoms. The van der Waals surface area contributed by atoms with Gasteiger partial charge in [0, 0.05) is 13.6 Å². The lowest BCUT2D eigenvalue weighted by Gasteiger charge is -2.19. The van der Waals surface area contributed by atoms with Crippen LogP contribution in [0.15, 0.2) is 0 Å². The molecule has 4 nitrogen and oxygen atoms in total. The molecule has 0 saturated carbocycles. The molecule has 1 unspecified atom stereocenters. The van der Waals surface area contributed by atoms with Gasteiger partial charge >= 0.3 is 0 Å². The highest BCUT2D eigenvalue weighted by atomic mass is 16.3. The van der Waals surface area contributed by atoms with Gasteiger partial charge in [-0.2, -0.15) is 0 Å². The Morgan fingerprint density at radius 1 is 1.58 bits per heavy atom. The quantitative estimate of drug-likeness (QED) is 0.607. The lowest BCUT2D eigenvalue weighted by Crippen LogP contribution is -2.40. The highest BCUT2D eigenvalue weighted by Gasteiger charge is 2.12. The summed E-state index contributed by atoms with van der Waals surface area (Å²) >= 11 is 0. The summed E-state index contributed by atoms with van der Waals surface area (Å²) in [4.78, 5) is 12.7. The maximum atomic E-state index is 11.2. The Bertz CT molecular complexity index is 146. The summed E-state index contributed by atoms with van der Waals surface area (Å²) in [7, 11) is 1.69. The third kappa shape index (κ3) is 4.31. The standard InChI is InChI=1S/C8H18N2O2/c1-6(11)4-5-10(3)8(12)7(2)9/h6-7,11H,4-5,9H2,1-3H3/t6?,7-/m1/s1. The number of likely N-dealkylation sites (N-methyl/N-ethyl adjacent to an activating group) is 1. The number of amides is 1. The zero-order valence-electron chi connectivity index (χ0n) is 7.95. The van der Waals surface area contributed by atoms with Gasteiger partial charge in [-0.25, -0.2) is 0 Å². The summed E-state index contributed by atoms with van der Waals surface area (Å²) in [5.74, 6) is -0.0874. The second-order valence-corrected chi connectivity index (χ2v) is 3.19. The van der Waals surface area contributed by atoms with E-state index in [1.807, 2.05) is 0 Å². The first-order valence-electron chi connectivity index (χ1n) is 4.13. The molecule has 0 aliphatic heterocycles. The van der Waals surface area contributed by atoms with Gasteiger partial charge in [0.15, 0.2) is 0 Å². The average Bonchev–Trinajstić information content (AvgIpc) is 1.98. The lowest BCUT2D eigenvalue weighted by atomic mass is 10.2. The molecule has 0 rings (SSSR count). The highest BCUT2D eigenvalue weighted by Crippen LogP contribution is 1.95. The number of hydrogen-bond acceptors (Lipinski definition) is 3. The summed E-state index contributed by atoms with van der Waals surface area (Å²) in [6, 6.07) is -0.455. The second-order valence-electron chi connectivity index (χ2n) is 3.19. The molecule has 12 heavy (non-hydrogen) atoms. The highest BCUT2D eigenvalue weighted by molar-refractivity contribution is 5.80. The van der Waals surface area contributed by atoms with Crippen LogP contribution in [0.1, 0.15) is 20.3 Å². The number of aliphatic hydroxyl groups excluding tert-OH is 1. The van der Waals surface area contributed by atoms with Gasteiger partial charge < -0.3 is 15.7 Å². The van der Waals surface area contributed by atoms with E-state index in [1.165, 1.54) is 4.90 Å². The van der Waals surface area contributed by atoms with Crippen molar-refractivity contribution < 1.29 is 9.90 Å². The maximum absolute atomic E-state index is 11.2. The Hall–Kier alpha value is -0.610. The van der Waals surface area contributed by atoms with Gasteiger partial charge in [0.1, 0.15) is 0 Å². The molecule has 0 fully saturated rings. The zero-order valence-corrected chi connectivity index (χ0v) is 7.95. The molecule has 1 amide bonds. The van der Waals surface area contributed by atoms with Crippen molar-refractivity contribution in [3.05, 3.63) is 0 Å². The fourth-order valence-corrected chi connectivity index (χ4v) is 0.838. The zero-order chi connectivity index (χ0) is 9.72. The Labute approximate surface area is 73.3 Å². The van der Waals surface area contributed by atoms with Crippen molar-refractivity contribution in [2.45, 2.75) is 32.4 Å². The van der Waals surface area contributed by atoms with E-state index in [-0.39, 0.29) is 12.0 Å². The van der Waals surface area contributed by atoms with Crippen LogP contribution >= 0.6 is 0 Å². The van der Waals surface area contributed by atoms with E-state index in [1.54, 1.807) is 20.9 Å². The van der Waals surface area contributed by atoms with Crippen LogP contribution in [-0.2, 0) is 4.79 Å². The van der Waals surface area contributed by atoms with Crippen molar-refractivity contribution in [3.8, 4) is 0 Å². The van der Waals surface area contributed by atoms with Crippen molar-refractivity contribution in [1.29, 1.82) is 0 Å². The van der Waals surface area contributed by atoms with Crippen LogP contribution in [0.3, 0.4) is 0 Å². The van der Waals surface area contributed by atoms with Crippen molar-refractivity contribution in [2.75, 3.05) is 13.6 Å². The number of rotatable bonds is 4. The molecule has 0 radical (unpaired) electrons. The topological polar surface area (TPSA) is 66.6 Å². The summed E-state index contributed by atoms with van der Waals surface area (Å²) in [5.41, 5.74) is 5.39. The van der Waals surface area contributed by atoms with Crippen LogP contribution in [0.4, 0.5) is 0 Å². The van der Waals surface area contributed by atoms with Crippen LogP contribution in [-0.4, -0.2) is 41.7 Å². The molecule has 0 aromatic carbocycles. The molecule has 0 spiro atoms. The van der Waals surface area contributed by atoms with Gasteiger partial charge in [-0.1, -0.05) is 0 Å². The molecule has 0 bridgehead atoms. The second kappa shape index (κ2) is 5.11. The van der Waals surface area contributed by atoms with Gasteiger partial charge in [0.05, 0.1) is 12.1 Å². The van der Waals surface area contributed by atoms with E-state index < -0.39 is 6.04 Å².